The van der Waals surface area contributed by atoms with E-state index in [1.165, 1.54) is 5.56 Å². The third-order valence-electron chi connectivity index (χ3n) is 2.52. The Morgan fingerprint density at radius 1 is 1.25 bits per heavy atom. The fraction of sp³-hybridized carbons (Fsp3) is 0.538. The molecule has 0 radical (unpaired) electrons. The highest BCUT2D eigenvalue weighted by Gasteiger charge is 2.11. The molecular formula is C13H21NO2. The highest BCUT2D eigenvalue weighted by atomic mass is 16.5. The van der Waals surface area contributed by atoms with Crippen molar-refractivity contribution in [2.24, 2.45) is 5.73 Å². The Balaban J connectivity index is 3.06. The van der Waals surface area contributed by atoms with E-state index in [0.29, 0.717) is 19.1 Å². The number of hydrogen-bond acceptors (Lipinski definition) is 3. The van der Waals surface area contributed by atoms with Crippen LogP contribution in [0, 0.1) is 6.92 Å². The summed E-state index contributed by atoms with van der Waals surface area (Å²) in [5.74, 6) is 2.23. The lowest BCUT2D eigenvalue weighted by molar-refractivity contribution is 0.324. The third-order valence-corrected chi connectivity index (χ3v) is 2.52. The van der Waals surface area contributed by atoms with Crippen LogP contribution < -0.4 is 15.2 Å². The monoisotopic (exact) mass is 223 g/mol. The maximum absolute atomic E-state index is 5.60. The Kier molecular flexibility index (Phi) is 4.62. The molecule has 0 fully saturated rings. The summed E-state index contributed by atoms with van der Waals surface area (Å²) >= 11 is 0. The van der Waals surface area contributed by atoms with Crippen LogP contribution in [0.3, 0.4) is 0 Å². The molecule has 1 aromatic carbocycles. The van der Waals surface area contributed by atoms with Gasteiger partial charge in [-0.1, -0.05) is 13.8 Å². The van der Waals surface area contributed by atoms with Gasteiger partial charge in [-0.15, -0.1) is 0 Å². The molecule has 0 aliphatic carbocycles. The summed E-state index contributed by atoms with van der Waals surface area (Å²) in [6.07, 6.45) is 0. The largest absolute Gasteiger partial charge is 0.496 e. The van der Waals surface area contributed by atoms with Crippen LogP contribution in [0.5, 0.6) is 11.5 Å². The third kappa shape index (κ3) is 2.89. The van der Waals surface area contributed by atoms with Crippen molar-refractivity contribution in [1.82, 2.24) is 0 Å². The molecule has 3 nitrogen and oxygen atoms in total. The highest BCUT2D eigenvalue weighted by molar-refractivity contribution is 5.47. The molecule has 16 heavy (non-hydrogen) atoms. The van der Waals surface area contributed by atoms with Crippen molar-refractivity contribution >= 4 is 0 Å². The van der Waals surface area contributed by atoms with Gasteiger partial charge in [0.1, 0.15) is 18.1 Å². The van der Waals surface area contributed by atoms with Crippen molar-refractivity contribution in [1.29, 1.82) is 0 Å². The number of ether oxygens (including phenoxy) is 2. The Labute approximate surface area is 97.6 Å². The zero-order valence-corrected chi connectivity index (χ0v) is 10.5. The molecule has 0 heterocycles. The van der Waals surface area contributed by atoms with E-state index in [1.54, 1.807) is 7.11 Å². The smallest absolute Gasteiger partial charge is 0.122 e. The molecular weight excluding hydrogens is 202 g/mol. The molecule has 0 saturated heterocycles. The summed E-state index contributed by atoms with van der Waals surface area (Å²) in [5, 5.41) is 0. The quantitative estimate of drug-likeness (QED) is 0.834. The summed E-state index contributed by atoms with van der Waals surface area (Å²) < 4.78 is 11.0. The van der Waals surface area contributed by atoms with Gasteiger partial charge in [-0.25, -0.2) is 0 Å². The maximum atomic E-state index is 5.60. The molecule has 3 heteroatoms. The number of benzene rings is 1. The maximum Gasteiger partial charge on any atom is 0.122 e. The number of methoxy groups -OCH3 is 1. The first-order chi connectivity index (χ1) is 7.60. The van der Waals surface area contributed by atoms with E-state index >= 15 is 0 Å². The molecule has 0 aliphatic heterocycles. The Hall–Kier alpha value is -1.22. The zero-order chi connectivity index (χ0) is 12.1. The van der Waals surface area contributed by atoms with Crippen molar-refractivity contribution in [3.05, 3.63) is 23.3 Å². The van der Waals surface area contributed by atoms with E-state index in [9.17, 15) is 0 Å². The van der Waals surface area contributed by atoms with E-state index in [0.717, 1.165) is 17.1 Å². The standard InChI is InChI=1S/C13H21NO2/c1-9(2)11-8-12(16-6-5-14)10(3)7-13(11)15-4/h7-9H,5-6,14H2,1-4H3. The molecule has 1 rings (SSSR count). The van der Waals surface area contributed by atoms with Gasteiger partial charge in [-0.05, 0) is 30.5 Å². The van der Waals surface area contributed by atoms with Gasteiger partial charge in [0, 0.05) is 12.1 Å². The molecule has 1 aromatic rings. The number of hydrogen-bond donors (Lipinski definition) is 1. The molecule has 0 saturated carbocycles. The van der Waals surface area contributed by atoms with Crippen LogP contribution in [0.2, 0.25) is 0 Å². The minimum Gasteiger partial charge on any atom is -0.496 e. The lowest BCUT2D eigenvalue weighted by atomic mass is 10.00. The van der Waals surface area contributed by atoms with Gasteiger partial charge in [-0.3, -0.25) is 0 Å². The lowest BCUT2D eigenvalue weighted by Gasteiger charge is -2.16. The Bertz CT molecular complexity index is 348. The second kappa shape index (κ2) is 5.75. The van der Waals surface area contributed by atoms with E-state index in [1.807, 2.05) is 13.0 Å². The molecule has 0 spiro atoms. The van der Waals surface area contributed by atoms with Crippen molar-refractivity contribution in [2.75, 3.05) is 20.3 Å². The van der Waals surface area contributed by atoms with Gasteiger partial charge in [0.2, 0.25) is 0 Å². The van der Waals surface area contributed by atoms with Crippen LogP contribution in [0.4, 0.5) is 0 Å². The number of aryl methyl sites for hydroxylation is 1. The number of rotatable bonds is 5. The summed E-state index contributed by atoms with van der Waals surface area (Å²) in [4.78, 5) is 0. The normalized spacial score (nSPS) is 10.6. The van der Waals surface area contributed by atoms with E-state index in [-0.39, 0.29) is 0 Å². The van der Waals surface area contributed by atoms with Crippen molar-refractivity contribution in [2.45, 2.75) is 26.7 Å². The van der Waals surface area contributed by atoms with Crippen LogP contribution in [0.25, 0.3) is 0 Å². The van der Waals surface area contributed by atoms with E-state index in [2.05, 4.69) is 19.9 Å². The van der Waals surface area contributed by atoms with Crippen LogP contribution in [-0.2, 0) is 0 Å². The first-order valence-corrected chi connectivity index (χ1v) is 5.61. The van der Waals surface area contributed by atoms with Crippen LogP contribution in [0.15, 0.2) is 12.1 Å². The predicted octanol–water partition coefficient (Wildman–Crippen LogP) is 2.46. The van der Waals surface area contributed by atoms with Gasteiger partial charge in [0.05, 0.1) is 7.11 Å². The first-order valence-electron chi connectivity index (χ1n) is 5.61. The molecule has 0 bridgehead atoms. The van der Waals surface area contributed by atoms with Gasteiger partial charge < -0.3 is 15.2 Å². The minimum absolute atomic E-state index is 0.413. The summed E-state index contributed by atoms with van der Waals surface area (Å²) in [6, 6.07) is 4.07. The van der Waals surface area contributed by atoms with Gasteiger partial charge >= 0.3 is 0 Å². The molecule has 0 unspecified atom stereocenters. The van der Waals surface area contributed by atoms with Crippen LogP contribution in [0.1, 0.15) is 30.9 Å². The summed E-state index contributed by atoms with van der Waals surface area (Å²) in [5.41, 5.74) is 7.68. The molecule has 2 N–H and O–H groups in total. The SMILES string of the molecule is COc1cc(C)c(OCCN)cc1C(C)C. The molecule has 0 atom stereocenters. The van der Waals surface area contributed by atoms with E-state index in [4.69, 9.17) is 15.2 Å². The zero-order valence-electron chi connectivity index (χ0n) is 10.5. The molecule has 0 aliphatic rings. The van der Waals surface area contributed by atoms with E-state index < -0.39 is 0 Å². The molecule has 0 amide bonds. The molecule has 0 aromatic heterocycles. The van der Waals surface area contributed by atoms with Crippen LogP contribution in [-0.4, -0.2) is 20.3 Å². The highest BCUT2D eigenvalue weighted by Crippen LogP contribution is 2.33. The average molecular weight is 223 g/mol. The minimum atomic E-state index is 0.413. The lowest BCUT2D eigenvalue weighted by Crippen LogP contribution is -2.11. The second-order valence-electron chi connectivity index (χ2n) is 4.15. The average Bonchev–Trinajstić information content (AvgIpc) is 2.26. The van der Waals surface area contributed by atoms with Gasteiger partial charge in [-0.2, -0.15) is 0 Å². The van der Waals surface area contributed by atoms with Crippen molar-refractivity contribution < 1.29 is 9.47 Å². The fourth-order valence-corrected chi connectivity index (χ4v) is 1.63. The predicted molar refractivity (Wildman–Crippen MR) is 66.4 cm³/mol. The second-order valence-corrected chi connectivity index (χ2v) is 4.15. The summed E-state index contributed by atoms with van der Waals surface area (Å²) in [6.45, 7) is 7.37. The Morgan fingerprint density at radius 2 is 1.94 bits per heavy atom. The molecule has 90 valence electrons. The topological polar surface area (TPSA) is 44.5 Å². The van der Waals surface area contributed by atoms with Crippen molar-refractivity contribution in [3.63, 3.8) is 0 Å². The number of nitrogens with two attached hydrogens (primary N) is 1. The van der Waals surface area contributed by atoms with Gasteiger partial charge in [0.25, 0.3) is 0 Å². The summed E-state index contributed by atoms with van der Waals surface area (Å²) in [7, 11) is 1.70. The van der Waals surface area contributed by atoms with Gasteiger partial charge in [0.15, 0.2) is 0 Å². The fourth-order valence-electron chi connectivity index (χ4n) is 1.63. The van der Waals surface area contributed by atoms with Crippen LogP contribution >= 0.6 is 0 Å². The van der Waals surface area contributed by atoms with Crippen molar-refractivity contribution in [3.8, 4) is 11.5 Å². The Morgan fingerprint density at radius 3 is 2.44 bits per heavy atom. The first kappa shape index (κ1) is 12.8.